The van der Waals surface area contributed by atoms with Crippen LogP contribution in [0.15, 0.2) is 12.1 Å². The van der Waals surface area contributed by atoms with E-state index in [1.165, 1.54) is 0 Å². The van der Waals surface area contributed by atoms with Crippen LogP contribution in [0, 0.1) is 12.8 Å². The number of hydrogen-bond donors (Lipinski definition) is 0. The van der Waals surface area contributed by atoms with Crippen LogP contribution in [0.2, 0.25) is 0 Å². The van der Waals surface area contributed by atoms with Gasteiger partial charge in [0.1, 0.15) is 11.5 Å². The van der Waals surface area contributed by atoms with Crippen molar-refractivity contribution in [2.75, 3.05) is 14.2 Å². The van der Waals surface area contributed by atoms with E-state index in [4.69, 9.17) is 9.47 Å². The van der Waals surface area contributed by atoms with Crippen LogP contribution in [0.25, 0.3) is 0 Å². The summed E-state index contributed by atoms with van der Waals surface area (Å²) in [6.07, 6.45) is 0.530. The van der Waals surface area contributed by atoms with Crippen LogP contribution < -0.4 is 9.47 Å². The Kier molecular flexibility index (Phi) is 4.55. The molecule has 3 nitrogen and oxygen atoms in total. The molecule has 0 aromatic heterocycles. The van der Waals surface area contributed by atoms with Crippen LogP contribution in [0.3, 0.4) is 0 Å². The molecule has 3 heteroatoms. The quantitative estimate of drug-likeness (QED) is 0.736. The fraction of sp³-hybridized carbons (Fsp3) is 0.500. The smallest absolute Gasteiger partial charge is 0.166 e. The van der Waals surface area contributed by atoms with E-state index in [1.807, 2.05) is 26.8 Å². The highest BCUT2D eigenvalue weighted by Gasteiger charge is 2.17. The van der Waals surface area contributed by atoms with Crippen molar-refractivity contribution in [1.29, 1.82) is 0 Å². The van der Waals surface area contributed by atoms with Gasteiger partial charge < -0.3 is 9.47 Å². The van der Waals surface area contributed by atoms with Gasteiger partial charge in [-0.2, -0.15) is 0 Å². The summed E-state index contributed by atoms with van der Waals surface area (Å²) < 4.78 is 10.5. The highest BCUT2D eigenvalue weighted by molar-refractivity contribution is 5.99. The maximum absolute atomic E-state index is 12.1. The molecule has 0 spiro atoms. The molecular weight excluding hydrogens is 216 g/mol. The van der Waals surface area contributed by atoms with Crippen molar-refractivity contribution >= 4 is 5.78 Å². The van der Waals surface area contributed by atoms with E-state index in [0.717, 1.165) is 11.3 Å². The molecule has 0 saturated heterocycles. The Labute approximate surface area is 103 Å². The summed E-state index contributed by atoms with van der Waals surface area (Å²) in [7, 11) is 3.19. The first-order valence-corrected chi connectivity index (χ1v) is 5.76. The summed E-state index contributed by atoms with van der Waals surface area (Å²) in [6.45, 7) is 5.95. The molecule has 1 aromatic carbocycles. The number of benzene rings is 1. The lowest BCUT2D eigenvalue weighted by molar-refractivity contribution is 0.0964. The number of ether oxygens (including phenoxy) is 2. The highest BCUT2D eigenvalue weighted by atomic mass is 16.5. The minimum absolute atomic E-state index is 0.114. The maximum atomic E-state index is 12.1. The molecule has 0 atom stereocenters. The van der Waals surface area contributed by atoms with Gasteiger partial charge in [0, 0.05) is 12.0 Å². The Morgan fingerprint density at radius 2 is 1.88 bits per heavy atom. The summed E-state index contributed by atoms with van der Waals surface area (Å²) in [5.74, 6) is 1.81. The van der Waals surface area contributed by atoms with E-state index in [0.29, 0.717) is 23.7 Å². The molecule has 17 heavy (non-hydrogen) atoms. The molecular formula is C14H20O3. The Balaban J connectivity index is 3.16. The largest absolute Gasteiger partial charge is 0.496 e. The predicted molar refractivity (Wildman–Crippen MR) is 68.1 cm³/mol. The van der Waals surface area contributed by atoms with Crippen LogP contribution in [-0.2, 0) is 0 Å². The number of carbonyl (C=O) groups excluding carboxylic acids is 1. The monoisotopic (exact) mass is 236 g/mol. The minimum Gasteiger partial charge on any atom is -0.496 e. The van der Waals surface area contributed by atoms with E-state index in [1.54, 1.807) is 20.3 Å². The summed E-state index contributed by atoms with van der Waals surface area (Å²) >= 11 is 0. The van der Waals surface area contributed by atoms with Crippen LogP contribution in [-0.4, -0.2) is 20.0 Å². The Morgan fingerprint density at radius 1 is 1.24 bits per heavy atom. The lowest BCUT2D eigenvalue weighted by Crippen LogP contribution is -2.07. The molecule has 0 heterocycles. The van der Waals surface area contributed by atoms with Crippen LogP contribution in [0.4, 0.5) is 0 Å². The first kappa shape index (κ1) is 13.6. The van der Waals surface area contributed by atoms with Gasteiger partial charge in [-0.3, -0.25) is 4.79 Å². The Bertz CT molecular complexity index is 408. The molecule has 0 aliphatic carbocycles. The maximum Gasteiger partial charge on any atom is 0.166 e. The topological polar surface area (TPSA) is 35.5 Å². The third-order valence-corrected chi connectivity index (χ3v) is 2.67. The normalized spacial score (nSPS) is 10.5. The molecule has 0 aliphatic heterocycles. The number of hydrogen-bond acceptors (Lipinski definition) is 3. The first-order chi connectivity index (χ1) is 8.01. The zero-order chi connectivity index (χ0) is 13.0. The first-order valence-electron chi connectivity index (χ1n) is 5.76. The lowest BCUT2D eigenvalue weighted by Gasteiger charge is -2.14. The SMILES string of the molecule is COc1ccc(C(=O)CC(C)C)c(OC)c1C. The van der Waals surface area contributed by atoms with E-state index in [-0.39, 0.29) is 5.78 Å². The van der Waals surface area contributed by atoms with E-state index < -0.39 is 0 Å². The number of methoxy groups -OCH3 is 2. The molecule has 0 bridgehead atoms. The van der Waals surface area contributed by atoms with Gasteiger partial charge in [0.15, 0.2) is 5.78 Å². The number of rotatable bonds is 5. The molecule has 0 saturated carbocycles. The van der Waals surface area contributed by atoms with Gasteiger partial charge >= 0.3 is 0 Å². The fourth-order valence-electron chi connectivity index (χ4n) is 1.86. The van der Waals surface area contributed by atoms with Crippen molar-refractivity contribution in [2.24, 2.45) is 5.92 Å². The van der Waals surface area contributed by atoms with Gasteiger partial charge in [-0.25, -0.2) is 0 Å². The Hall–Kier alpha value is -1.51. The molecule has 1 rings (SSSR count). The lowest BCUT2D eigenvalue weighted by atomic mass is 9.98. The summed E-state index contributed by atoms with van der Waals surface area (Å²) in [6, 6.07) is 3.58. The van der Waals surface area contributed by atoms with Crippen LogP contribution in [0.5, 0.6) is 11.5 Å². The number of ketones is 1. The van der Waals surface area contributed by atoms with Crippen molar-refractivity contribution in [3.63, 3.8) is 0 Å². The molecule has 0 amide bonds. The van der Waals surface area contributed by atoms with E-state index >= 15 is 0 Å². The molecule has 0 fully saturated rings. The van der Waals surface area contributed by atoms with Gasteiger partial charge in [0.05, 0.1) is 19.8 Å². The van der Waals surface area contributed by atoms with Crippen molar-refractivity contribution in [3.05, 3.63) is 23.3 Å². The van der Waals surface area contributed by atoms with Crippen molar-refractivity contribution in [1.82, 2.24) is 0 Å². The minimum atomic E-state index is 0.114. The van der Waals surface area contributed by atoms with Crippen LogP contribution >= 0.6 is 0 Å². The third-order valence-electron chi connectivity index (χ3n) is 2.67. The van der Waals surface area contributed by atoms with Gasteiger partial charge in [0.2, 0.25) is 0 Å². The zero-order valence-corrected chi connectivity index (χ0v) is 11.2. The van der Waals surface area contributed by atoms with Gasteiger partial charge in [-0.15, -0.1) is 0 Å². The summed E-state index contributed by atoms with van der Waals surface area (Å²) in [4.78, 5) is 12.1. The third kappa shape index (κ3) is 2.99. The predicted octanol–water partition coefficient (Wildman–Crippen LogP) is 3.24. The van der Waals surface area contributed by atoms with Crippen LogP contribution in [0.1, 0.15) is 36.2 Å². The second-order valence-electron chi connectivity index (χ2n) is 4.49. The van der Waals surface area contributed by atoms with Gasteiger partial charge in [-0.1, -0.05) is 13.8 Å². The van der Waals surface area contributed by atoms with Gasteiger partial charge in [-0.05, 0) is 25.0 Å². The number of carbonyl (C=O) groups is 1. The molecule has 94 valence electrons. The van der Waals surface area contributed by atoms with E-state index in [9.17, 15) is 4.79 Å². The molecule has 1 aromatic rings. The number of Topliss-reactive ketones (excluding diaryl/α,β-unsaturated/α-hetero) is 1. The summed E-state index contributed by atoms with van der Waals surface area (Å²) in [5, 5.41) is 0. The summed E-state index contributed by atoms with van der Waals surface area (Å²) in [5.41, 5.74) is 1.50. The second kappa shape index (κ2) is 5.71. The average molecular weight is 236 g/mol. The van der Waals surface area contributed by atoms with Crippen molar-refractivity contribution < 1.29 is 14.3 Å². The second-order valence-corrected chi connectivity index (χ2v) is 4.49. The zero-order valence-electron chi connectivity index (χ0n) is 11.2. The molecule has 0 unspecified atom stereocenters. The Morgan fingerprint density at radius 3 is 2.35 bits per heavy atom. The molecule has 0 radical (unpaired) electrons. The highest BCUT2D eigenvalue weighted by Crippen LogP contribution is 2.32. The van der Waals surface area contributed by atoms with Gasteiger partial charge in [0.25, 0.3) is 0 Å². The fourth-order valence-corrected chi connectivity index (χ4v) is 1.86. The van der Waals surface area contributed by atoms with Crippen molar-refractivity contribution in [2.45, 2.75) is 27.2 Å². The average Bonchev–Trinajstić information content (AvgIpc) is 2.27. The van der Waals surface area contributed by atoms with Crippen molar-refractivity contribution in [3.8, 4) is 11.5 Å². The molecule has 0 N–H and O–H groups in total. The standard InChI is InChI=1S/C14H20O3/c1-9(2)8-12(15)11-6-7-13(16-4)10(3)14(11)17-5/h6-7,9H,8H2,1-5H3. The van der Waals surface area contributed by atoms with E-state index in [2.05, 4.69) is 0 Å². The molecule has 0 aliphatic rings.